The molecule has 4 aromatic rings. The standard InChI is InChI=1S/C24H25N5.C2H6/c1-15-7-8-16(2)23-22(15)25-14-17(26-23)9-12-21-27-24-18-6-5-13-28(3)19(18)10-11-20(24)29(21)4;1-2/h5-8,10-11,14H,9,12-13H2,1-4H3;1-2H3. The van der Waals surface area contributed by atoms with Crippen molar-refractivity contribution in [2.45, 2.75) is 40.5 Å². The second-order valence-electron chi connectivity index (χ2n) is 7.99. The van der Waals surface area contributed by atoms with E-state index >= 15 is 0 Å². The molecule has 0 unspecified atom stereocenters. The average molecular weight is 414 g/mol. The van der Waals surface area contributed by atoms with Crippen molar-refractivity contribution in [2.24, 2.45) is 7.05 Å². The molecular weight excluding hydrogens is 382 g/mol. The lowest BCUT2D eigenvalue weighted by molar-refractivity contribution is 0.775. The van der Waals surface area contributed by atoms with Crippen LogP contribution in [0.4, 0.5) is 5.69 Å². The Balaban J connectivity index is 0.00000112. The number of fused-ring (bicyclic) bond motifs is 4. The van der Waals surface area contributed by atoms with E-state index in [1.165, 1.54) is 27.9 Å². The summed E-state index contributed by atoms with van der Waals surface area (Å²) in [6.45, 7) is 9.12. The molecule has 5 rings (SSSR count). The Hall–Kier alpha value is -3.21. The normalized spacial score (nSPS) is 12.8. The summed E-state index contributed by atoms with van der Waals surface area (Å²) in [6, 6.07) is 8.61. The Morgan fingerprint density at radius 1 is 0.871 bits per heavy atom. The molecule has 0 bridgehead atoms. The number of imidazole rings is 1. The summed E-state index contributed by atoms with van der Waals surface area (Å²) in [7, 11) is 4.23. The predicted molar refractivity (Wildman–Crippen MR) is 131 cm³/mol. The zero-order valence-electron chi connectivity index (χ0n) is 19.4. The van der Waals surface area contributed by atoms with Gasteiger partial charge in [0.2, 0.25) is 0 Å². The molecule has 0 fully saturated rings. The first kappa shape index (κ1) is 21.0. The Morgan fingerprint density at radius 2 is 1.61 bits per heavy atom. The van der Waals surface area contributed by atoms with Crippen LogP contribution in [-0.2, 0) is 19.9 Å². The molecule has 0 amide bonds. The molecule has 5 heteroatoms. The topological polar surface area (TPSA) is 46.8 Å². The number of aryl methyl sites for hydroxylation is 5. The average Bonchev–Trinajstić information content (AvgIpc) is 3.12. The number of hydrogen-bond donors (Lipinski definition) is 0. The molecule has 31 heavy (non-hydrogen) atoms. The molecular formula is C26H31N5. The molecule has 0 radical (unpaired) electrons. The highest BCUT2D eigenvalue weighted by Gasteiger charge is 2.17. The third kappa shape index (κ3) is 3.69. The third-order valence-corrected chi connectivity index (χ3v) is 5.99. The first-order chi connectivity index (χ1) is 15.0. The summed E-state index contributed by atoms with van der Waals surface area (Å²) in [5, 5.41) is 0. The maximum atomic E-state index is 5.01. The van der Waals surface area contributed by atoms with E-state index in [2.05, 4.69) is 78.8 Å². The molecule has 5 nitrogen and oxygen atoms in total. The van der Waals surface area contributed by atoms with Crippen LogP contribution in [0.1, 0.15) is 42.1 Å². The number of rotatable bonds is 3. The van der Waals surface area contributed by atoms with Gasteiger partial charge in [0.15, 0.2) is 0 Å². The summed E-state index contributed by atoms with van der Waals surface area (Å²) in [5.74, 6) is 1.08. The van der Waals surface area contributed by atoms with E-state index in [1.54, 1.807) is 0 Å². The summed E-state index contributed by atoms with van der Waals surface area (Å²) in [5.41, 5.74) is 10.1. The van der Waals surface area contributed by atoms with E-state index in [1.807, 2.05) is 20.0 Å². The number of benzene rings is 2. The maximum absolute atomic E-state index is 5.01. The van der Waals surface area contributed by atoms with Gasteiger partial charge in [-0.25, -0.2) is 9.97 Å². The summed E-state index contributed by atoms with van der Waals surface area (Å²) in [4.78, 5) is 16.8. The van der Waals surface area contributed by atoms with E-state index in [0.29, 0.717) is 0 Å². The van der Waals surface area contributed by atoms with Crippen molar-refractivity contribution in [3.8, 4) is 0 Å². The number of aromatic nitrogens is 4. The Labute approximate surface area is 184 Å². The maximum Gasteiger partial charge on any atom is 0.110 e. The lowest BCUT2D eigenvalue weighted by Crippen LogP contribution is -2.20. The van der Waals surface area contributed by atoms with Crippen LogP contribution in [-0.4, -0.2) is 33.1 Å². The first-order valence-electron chi connectivity index (χ1n) is 11.1. The van der Waals surface area contributed by atoms with Gasteiger partial charge in [-0.3, -0.25) is 4.98 Å². The van der Waals surface area contributed by atoms with Crippen LogP contribution in [0.3, 0.4) is 0 Å². The summed E-state index contributed by atoms with van der Waals surface area (Å²) in [6.07, 6.45) is 7.98. The fourth-order valence-corrected chi connectivity index (χ4v) is 4.22. The Morgan fingerprint density at radius 3 is 2.39 bits per heavy atom. The molecule has 0 saturated heterocycles. The van der Waals surface area contributed by atoms with E-state index in [4.69, 9.17) is 9.97 Å². The van der Waals surface area contributed by atoms with Gasteiger partial charge in [0.1, 0.15) is 5.82 Å². The highest BCUT2D eigenvalue weighted by atomic mass is 15.1. The lowest BCUT2D eigenvalue weighted by atomic mass is 10.1. The van der Waals surface area contributed by atoms with E-state index in [9.17, 15) is 0 Å². The van der Waals surface area contributed by atoms with Gasteiger partial charge in [-0.15, -0.1) is 0 Å². The molecule has 1 aliphatic heterocycles. The Bertz CT molecular complexity index is 1280. The summed E-state index contributed by atoms with van der Waals surface area (Å²) < 4.78 is 2.21. The van der Waals surface area contributed by atoms with Gasteiger partial charge in [0.25, 0.3) is 0 Å². The fraction of sp³-hybridized carbons (Fsp3) is 0.346. The third-order valence-electron chi connectivity index (χ3n) is 5.99. The highest BCUT2D eigenvalue weighted by Crippen LogP contribution is 2.32. The van der Waals surface area contributed by atoms with Crippen LogP contribution >= 0.6 is 0 Å². The molecule has 0 saturated carbocycles. The number of likely N-dealkylation sites (N-methyl/N-ethyl adjacent to an activating group) is 1. The van der Waals surface area contributed by atoms with Gasteiger partial charge in [0.05, 0.1) is 27.8 Å². The molecule has 2 aromatic heterocycles. The van der Waals surface area contributed by atoms with Crippen LogP contribution in [0.15, 0.2) is 36.5 Å². The van der Waals surface area contributed by atoms with Crippen LogP contribution in [0.25, 0.3) is 28.1 Å². The van der Waals surface area contributed by atoms with E-state index < -0.39 is 0 Å². The van der Waals surface area contributed by atoms with E-state index in [0.717, 1.165) is 47.5 Å². The number of hydrogen-bond acceptors (Lipinski definition) is 4. The molecule has 0 atom stereocenters. The molecule has 2 aromatic carbocycles. The Kier molecular flexibility index (Phi) is 5.77. The van der Waals surface area contributed by atoms with Gasteiger partial charge < -0.3 is 9.47 Å². The van der Waals surface area contributed by atoms with Crippen molar-refractivity contribution in [1.82, 2.24) is 19.5 Å². The van der Waals surface area contributed by atoms with Gasteiger partial charge >= 0.3 is 0 Å². The molecule has 0 aliphatic carbocycles. The summed E-state index contributed by atoms with van der Waals surface area (Å²) >= 11 is 0. The van der Waals surface area contributed by atoms with Gasteiger partial charge in [-0.2, -0.15) is 0 Å². The quantitative estimate of drug-likeness (QED) is 0.451. The molecule has 160 valence electrons. The largest absolute Gasteiger partial charge is 0.370 e. The van der Waals surface area contributed by atoms with Crippen molar-refractivity contribution in [1.29, 1.82) is 0 Å². The van der Waals surface area contributed by atoms with Gasteiger partial charge in [-0.05, 0) is 43.5 Å². The van der Waals surface area contributed by atoms with Crippen LogP contribution < -0.4 is 4.90 Å². The zero-order valence-corrected chi connectivity index (χ0v) is 19.4. The smallest absolute Gasteiger partial charge is 0.110 e. The molecule has 3 heterocycles. The SMILES string of the molecule is CC.Cc1ccc(C)c2nc(CCc3nc4c5c(ccc4n3C)N(C)CC=C5)cnc12. The first-order valence-corrected chi connectivity index (χ1v) is 11.1. The monoisotopic (exact) mass is 413 g/mol. The minimum atomic E-state index is 0.825. The number of nitrogens with zero attached hydrogens (tertiary/aromatic N) is 5. The highest BCUT2D eigenvalue weighted by molar-refractivity contribution is 5.93. The van der Waals surface area contributed by atoms with Crippen LogP contribution in [0.2, 0.25) is 0 Å². The fourth-order valence-electron chi connectivity index (χ4n) is 4.22. The van der Waals surface area contributed by atoms with Gasteiger partial charge in [-0.1, -0.05) is 38.1 Å². The van der Waals surface area contributed by atoms with E-state index in [-0.39, 0.29) is 0 Å². The van der Waals surface area contributed by atoms with Crippen molar-refractivity contribution < 1.29 is 0 Å². The van der Waals surface area contributed by atoms with Crippen molar-refractivity contribution in [3.63, 3.8) is 0 Å². The second-order valence-corrected chi connectivity index (χ2v) is 7.99. The van der Waals surface area contributed by atoms with Crippen molar-refractivity contribution in [2.75, 3.05) is 18.5 Å². The molecule has 1 aliphatic rings. The van der Waals surface area contributed by atoms with Gasteiger partial charge in [0, 0.05) is 44.5 Å². The van der Waals surface area contributed by atoms with Crippen LogP contribution in [0, 0.1) is 13.8 Å². The minimum absolute atomic E-state index is 0.825. The van der Waals surface area contributed by atoms with Crippen molar-refractivity contribution >= 4 is 33.8 Å². The predicted octanol–water partition coefficient (Wildman–Crippen LogP) is 5.41. The lowest BCUT2D eigenvalue weighted by Gasteiger charge is -2.23. The van der Waals surface area contributed by atoms with Crippen LogP contribution in [0.5, 0.6) is 0 Å². The molecule has 0 N–H and O–H groups in total. The van der Waals surface area contributed by atoms with Crippen molar-refractivity contribution in [3.05, 3.63) is 64.7 Å². The zero-order chi connectivity index (χ0) is 22.1. The molecule has 0 spiro atoms. The number of anilines is 1. The second kappa shape index (κ2) is 8.50. The minimum Gasteiger partial charge on any atom is -0.370 e.